The number of hydrogen-bond donors (Lipinski definition) is 0. The highest BCUT2D eigenvalue weighted by Gasteiger charge is 2.36. The van der Waals surface area contributed by atoms with Gasteiger partial charge in [0, 0.05) is 12.2 Å². The summed E-state index contributed by atoms with van der Waals surface area (Å²) in [5.74, 6) is 5.14. The van der Waals surface area contributed by atoms with Crippen LogP contribution in [0.3, 0.4) is 0 Å². The SMILES string of the molecule is C/C=C/CCc1ccc(C#Cc2c(F)cc(C3CCC4CC(OCC)CCC4C3)cc2F)cc1F. The summed E-state index contributed by atoms with van der Waals surface area (Å²) in [4.78, 5) is 0. The van der Waals surface area contributed by atoms with Crippen molar-refractivity contribution in [3.8, 4) is 11.8 Å². The monoisotopic (exact) mass is 480 g/mol. The molecule has 2 aliphatic carbocycles. The van der Waals surface area contributed by atoms with Gasteiger partial charge in [-0.05, 0) is 118 Å². The number of rotatable bonds is 6. The molecule has 0 bridgehead atoms. The Morgan fingerprint density at radius 3 is 2.37 bits per heavy atom. The van der Waals surface area contributed by atoms with Crippen molar-refractivity contribution >= 4 is 0 Å². The van der Waals surface area contributed by atoms with Gasteiger partial charge in [-0.2, -0.15) is 0 Å². The standard InChI is InChI=1S/C31H35F3O/c1-3-5-6-7-22-10-8-21(16-29(22)32)9-15-28-30(33)19-26(20-31(28)34)24-11-12-25-18-27(35-4-2)14-13-23(25)17-24/h3,5,8,10,16,19-20,23-25,27H,4,6-7,11-14,17-18H2,1-2H3/b5-3+. The fourth-order valence-corrected chi connectivity index (χ4v) is 5.85. The van der Waals surface area contributed by atoms with Crippen LogP contribution < -0.4 is 0 Å². The van der Waals surface area contributed by atoms with E-state index in [4.69, 9.17) is 4.74 Å². The predicted molar refractivity (Wildman–Crippen MR) is 135 cm³/mol. The van der Waals surface area contributed by atoms with E-state index in [2.05, 4.69) is 11.8 Å². The number of ether oxygens (including phenoxy) is 1. The van der Waals surface area contributed by atoms with Gasteiger partial charge < -0.3 is 4.74 Å². The summed E-state index contributed by atoms with van der Waals surface area (Å²) < 4.78 is 50.0. The lowest BCUT2D eigenvalue weighted by molar-refractivity contribution is -0.00957. The topological polar surface area (TPSA) is 9.23 Å². The Labute approximate surface area is 207 Å². The molecule has 1 nitrogen and oxygen atoms in total. The summed E-state index contributed by atoms with van der Waals surface area (Å²) in [7, 11) is 0. The summed E-state index contributed by atoms with van der Waals surface area (Å²) in [6, 6.07) is 7.63. The molecular formula is C31H35F3O. The average Bonchev–Trinajstić information content (AvgIpc) is 2.84. The van der Waals surface area contributed by atoms with E-state index < -0.39 is 11.6 Å². The van der Waals surface area contributed by atoms with Crippen molar-refractivity contribution < 1.29 is 17.9 Å². The third-order valence-electron chi connectivity index (χ3n) is 7.70. The molecule has 35 heavy (non-hydrogen) atoms. The molecule has 0 aliphatic heterocycles. The maximum Gasteiger partial charge on any atom is 0.142 e. The van der Waals surface area contributed by atoms with Crippen molar-refractivity contribution in [2.75, 3.05) is 6.61 Å². The first-order valence-corrected chi connectivity index (χ1v) is 13.0. The smallest absolute Gasteiger partial charge is 0.142 e. The third-order valence-corrected chi connectivity index (χ3v) is 7.70. The van der Waals surface area contributed by atoms with E-state index in [1.54, 1.807) is 12.1 Å². The molecule has 4 atom stereocenters. The van der Waals surface area contributed by atoms with E-state index in [1.165, 1.54) is 18.2 Å². The van der Waals surface area contributed by atoms with Crippen molar-refractivity contribution in [3.63, 3.8) is 0 Å². The average molecular weight is 481 g/mol. The van der Waals surface area contributed by atoms with Gasteiger partial charge in [-0.25, -0.2) is 13.2 Å². The molecule has 4 rings (SSSR count). The zero-order chi connectivity index (χ0) is 24.8. The van der Waals surface area contributed by atoms with Gasteiger partial charge in [-0.1, -0.05) is 30.1 Å². The van der Waals surface area contributed by atoms with Crippen LogP contribution in [0, 0.1) is 41.1 Å². The Balaban J connectivity index is 1.44. The second kappa shape index (κ2) is 12.0. The Hall–Kier alpha value is -2.51. The van der Waals surface area contributed by atoms with Crippen molar-refractivity contribution in [2.24, 2.45) is 11.8 Å². The van der Waals surface area contributed by atoms with E-state index in [0.29, 0.717) is 35.5 Å². The third kappa shape index (κ3) is 6.39. The molecule has 186 valence electrons. The van der Waals surface area contributed by atoms with Gasteiger partial charge in [0.2, 0.25) is 0 Å². The lowest BCUT2D eigenvalue weighted by atomic mass is 9.65. The van der Waals surface area contributed by atoms with E-state index in [1.807, 2.05) is 26.0 Å². The molecule has 0 spiro atoms. The summed E-state index contributed by atoms with van der Waals surface area (Å²) in [6.07, 6.45) is 12.0. The van der Waals surface area contributed by atoms with Crippen LogP contribution in [0.2, 0.25) is 0 Å². The molecule has 0 amide bonds. The summed E-state index contributed by atoms with van der Waals surface area (Å²) >= 11 is 0. The molecule has 0 saturated heterocycles. The number of aryl methyl sites for hydroxylation is 1. The van der Waals surface area contributed by atoms with Gasteiger partial charge in [0.25, 0.3) is 0 Å². The molecule has 2 saturated carbocycles. The van der Waals surface area contributed by atoms with Gasteiger partial charge >= 0.3 is 0 Å². The number of hydrogen-bond acceptors (Lipinski definition) is 1. The van der Waals surface area contributed by atoms with Crippen molar-refractivity contribution in [1.82, 2.24) is 0 Å². The summed E-state index contributed by atoms with van der Waals surface area (Å²) in [5, 5.41) is 0. The second-order valence-corrected chi connectivity index (χ2v) is 9.94. The number of benzene rings is 2. The second-order valence-electron chi connectivity index (χ2n) is 9.94. The first-order valence-electron chi connectivity index (χ1n) is 13.0. The molecule has 0 N–H and O–H groups in total. The number of allylic oxidation sites excluding steroid dienone is 2. The highest BCUT2D eigenvalue weighted by Crippen LogP contribution is 2.47. The van der Waals surface area contributed by atoms with E-state index in [9.17, 15) is 13.2 Å². The van der Waals surface area contributed by atoms with Crippen LogP contribution in [-0.4, -0.2) is 12.7 Å². The highest BCUT2D eigenvalue weighted by atomic mass is 19.1. The molecule has 2 aromatic carbocycles. The van der Waals surface area contributed by atoms with Gasteiger partial charge in [0.1, 0.15) is 17.5 Å². The summed E-state index contributed by atoms with van der Waals surface area (Å²) in [6.45, 7) is 4.73. The van der Waals surface area contributed by atoms with E-state index in [0.717, 1.165) is 57.1 Å². The Morgan fingerprint density at radius 2 is 1.66 bits per heavy atom. The first-order chi connectivity index (χ1) is 17.0. The molecule has 4 unspecified atom stereocenters. The molecule has 2 aromatic rings. The summed E-state index contributed by atoms with van der Waals surface area (Å²) in [5.41, 5.74) is 1.49. The Bertz CT molecular complexity index is 1090. The normalized spacial score (nSPS) is 24.1. The first kappa shape index (κ1) is 25.6. The van der Waals surface area contributed by atoms with Crippen LogP contribution in [0.4, 0.5) is 13.2 Å². The molecule has 0 heterocycles. The number of fused-ring (bicyclic) bond motifs is 1. The largest absolute Gasteiger partial charge is 0.378 e. The lowest BCUT2D eigenvalue weighted by Crippen LogP contribution is -2.33. The minimum atomic E-state index is -0.641. The zero-order valence-electron chi connectivity index (χ0n) is 20.8. The van der Waals surface area contributed by atoms with Crippen LogP contribution in [0.25, 0.3) is 0 Å². The Morgan fingerprint density at radius 1 is 0.914 bits per heavy atom. The predicted octanol–water partition coefficient (Wildman–Crippen LogP) is 8.10. The van der Waals surface area contributed by atoms with Crippen molar-refractivity contribution in [2.45, 2.75) is 77.2 Å². The minimum absolute atomic E-state index is 0.176. The van der Waals surface area contributed by atoms with Gasteiger partial charge in [-0.3, -0.25) is 0 Å². The molecular weight excluding hydrogens is 445 g/mol. The van der Waals surface area contributed by atoms with E-state index >= 15 is 0 Å². The molecule has 0 radical (unpaired) electrons. The molecule has 2 aliphatic rings. The van der Waals surface area contributed by atoms with Crippen molar-refractivity contribution in [3.05, 3.63) is 82.2 Å². The van der Waals surface area contributed by atoms with Gasteiger partial charge in [-0.15, -0.1) is 0 Å². The maximum atomic E-state index is 14.9. The van der Waals surface area contributed by atoms with Crippen LogP contribution in [0.15, 0.2) is 42.5 Å². The van der Waals surface area contributed by atoms with Crippen LogP contribution in [0.5, 0.6) is 0 Å². The van der Waals surface area contributed by atoms with Crippen LogP contribution in [-0.2, 0) is 11.2 Å². The highest BCUT2D eigenvalue weighted by molar-refractivity contribution is 5.46. The van der Waals surface area contributed by atoms with Gasteiger partial charge in [0.15, 0.2) is 0 Å². The van der Waals surface area contributed by atoms with E-state index in [-0.39, 0.29) is 17.3 Å². The molecule has 2 fully saturated rings. The Kier molecular flexibility index (Phi) is 8.74. The van der Waals surface area contributed by atoms with Gasteiger partial charge in [0.05, 0.1) is 11.7 Å². The minimum Gasteiger partial charge on any atom is -0.378 e. The van der Waals surface area contributed by atoms with Crippen LogP contribution >= 0.6 is 0 Å². The lowest BCUT2D eigenvalue weighted by Gasteiger charge is -2.42. The number of halogens is 3. The molecule has 4 heteroatoms. The maximum absolute atomic E-state index is 14.9. The quantitative estimate of drug-likeness (QED) is 0.300. The fraction of sp³-hybridized carbons (Fsp3) is 0.484. The van der Waals surface area contributed by atoms with Crippen molar-refractivity contribution in [1.29, 1.82) is 0 Å². The molecule has 0 aromatic heterocycles. The fourth-order valence-electron chi connectivity index (χ4n) is 5.85. The zero-order valence-corrected chi connectivity index (χ0v) is 20.8. The van der Waals surface area contributed by atoms with Crippen LogP contribution in [0.1, 0.15) is 87.0 Å².